The molecule has 2 heterocycles. The Morgan fingerprint density at radius 3 is 2.37 bits per heavy atom. The van der Waals surface area contributed by atoms with Gasteiger partial charge >= 0.3 is 5.69 Å². The first-order valence-corrected chi connectivity index (χ1v) is 11.3. The average Bonchev–Trinajstić information content (AvgIpc) is 3.33. The number of imidazole rings is 1. The Morgan fingerprint density at radius 1 is 1.00 bits per heavy atom. The number of anilines is 1. The largest absolute Gasteiger partial charge is 0.328 e. The molecule has 1 saturated heterocycles. The quantitative estimate of drug-likeness (QED) is 0.663. The fraction of sp³-hybridized carbons (Fsp3) is 0.300. The van der Waals surface area contributed by atoms with Crippen LogP contribution in [0.15, 0.2) is 46.1 Å². The van der Waals surface area contributed by atoms with Gasteiger partial charge in [0.25, 0.3) is 5.91 Å². The van der Waals surface area contributed by atoms with Gasteiger partial charge in [-0.2, -0.15) is 4.31 Å². The van der Waals surface area contributed by atoms with E-state index in [9.17, 15) is 18.0 Å². The Balaban J connectivity index is 1.66. The Labute approximate surface area is 178 Å². The lowest BCUT2D eigenvalue weighted by Crippen LogP contribution is -2.28. The number of hydrogen-bond acceptors (Lipinski definition) is 4. The van der Waals surface area contributed by atoms with Gasteiger partial charge in [-0.1, -0.05) is 11.6 Å². The predicted molar refractivity (Wildman–Crippen MR) is 116 cm³/mol. The lowest BCUT2D eigenvalue weighted by Gasteiger charge is -2.16. The first-order chi connectivity index (χ1) is 14.2. The van der Waals surface area contributed by atoms with E-state index in [1.807, 2.05) is 0 Å². The molecule has 0 atom stereocenters. The van der Waals surface area contributed by atoms with Crippen LogP contribution in [0.4, 0.5) is 5.69 Å². The number of benzene rings is 2. The molecule has 3 aromatic rings. The molecule has 0 radical (unpaired) electrons. The molecule has 0 aliphatic carbocycles. The summed E-state index contributed by atoms with van der Waals surface area (Å²) >= 11 is 6.19. The van der Waals surface area contributed by atoms with E-state index in [0.29, 0.717) is 24.3 Å². The third kappa shape index (κ3) is 3.42. The van der Waals surface area contributed by atoms with Crippen molar-refractivity contribution in [1.29, 1.82) is 0 Å². The highest BCUT2D eigenvalue weighted by Gasteiger charge is 2.28. The number of rotatable bonds is 4. The number of aryl methyl sites for hydroxylation is 2. The maximum absolute atomic E-state index is 12.9. The molecule has 0 saturated carbocycles. The predicted octanol–water partition coefficient (Wildman–Crippen LogP) is 2.57. The summed E-state index contributed by atoms with van der Waals surface area (Å²) in [7, 11) is -0.339. The summed E-state index contributed by atoms with van der Waals surface area (Å²) in [4.78, 5) is 25.0. The zero-order valence-corrected chi connectivity index (χ0v) is 18.1. The smallest absolute Gasteiger partial charge is 0.322 e. The van der Waals surface area contributed by atoms with Gasteiger partial charge < -0.3 is 5.32 Å². The molecule has 1 aliphatic rings. The van der Waals surface area contributed by atoms with Crippen LogP contribution in [-0.4, -0.2) is 40.9 Å². The van der Waals surface area contributed by atoms with Crippen molar-refractivity contribution in [1.82, 2.24) is 13.4 Å². The number of amides is 1. The third-order valence-electron chi connectivity index (χ3n) is 5.42. The molecule has 8 nitrogen and oxygen atoms in total. The fourth-order valence-corrected chi connectivity index (χ4v) is 5.45. The van der Waals surface area contributed by atoms with E-state index >= 15 is 0 Å². The van der Waals surface area contributed by atoms with Gasteiger partial charge in [0.05, 0.1) is 26.5 Å². The van der Waals surface area contributed by atoms with E-state index in [1.165, 1.54) is 31.6 Å². The number of sulfonamides is 1. The lowest BCUT2D eigenvalue weighted by molar-refractivity contribution is 0.102. The van der Waals surface area contributed by atoms with Crippen LogP contribution in [0.2, 0.25) is 5.02 Å². The van der Waals surface area contributed by atoms with Gasteiger partial charge in [-0.15, -0.1) is 0 Å². The van der Waals surface area contributed by atoms with Gasteiger partial charge in [-0.25, -0.2) is 13.2 Å². The number of hydrogen-bond donors (Lipinski definition) is 1. The maximum atomic E-state index is 12.9. The van der Waals surface area contributed by atoms with Crippen LogP contribution in [0.25, 0.3) is 11.0 Å². The van der Waals surface area contributed by atoms with Crippen molar-refractivity contribution >= 4 is 44.3 Å². The monoisotopic (exact) mass is 448 g/mol. The van der Waals surface area contributed by atoms with E-state index < -0.39 is 15.9 Å². The highest BCUT2D eigenvalue weighted by molar-refractivity contribution is 7.89. The second-order valence-electron chi connectivity index (χ2n) is 7.31. The molecule has 0 bridgehead atoms. The summed E-state index contributed by atoms with van der Waals surface area (Å²) in [6.45, 7) is 0.949. The first-order valence-electron chi connectivity index (χ1n) is 9.46. The first kappa shape index (κ1) is 20.6. The van der Waals surface area contributed by atoms with Crippen molar-refractivity contribution in [3.63, 3.8) is 0 Å². The molecule has 0 unspecified atom stereocenters. The zero-order chi connectivity index (χ0) is 21.6. The molecule has 10 heteroatoms. The summed E-state index contributed by atoms with van der Waals surface area (Å²) in [5, 5.41) is 2.89. The maximum Gasteiger partial charge on any atom is 0.328 e. The number of nitrogens with one attached hydrogen (secondary N) is 1. The molecule has 1 amide bonds. The standard InChI is InChI=1S/C20H21ClN4O4S/c1-23-17-8-5-13(11-18(17)24(2)20(23)27)22-19(26)15-12-14(6-7-16(15)21)30(28,29)25-9-3-4-10-25/h5-8,11-12H,3-4,9-10H2,1-2H3,(H,22,26). The molecule has 1 N–H and O–H groups in total. The number of fused-ring (bicyclic) bond motifs is 1. The molecular weight excluding hydrogens is 428 g/mol. The second-order valence-corrected chi connectivity index (χ2v) is 9.66. The van der Waals surface area contributed by atoms with Crippen molar-refractivity contribution in [3.05, 3.63) is 57.5 Å². The van der Waals surface area contributed by atoms with Crippen LogP contribution in [0.5, 0.6) is 0 Å². The zero-order valence-electron chi connectivity index (χ0n) is 16.6. The van der Waals surface area contributed by atoms with Gasteiger partial charge in [-0.05, 0) is 49.2 Å². The second kappa shape index (κ2) is 7.57. The Morgan fingerprint density at radius 2 is 1.67 bits per heavy atom. The van der Waals surface area contributed by atoms with Crippen LogP contribution < -0.4 is 11.0 Å². The number of carbonyl (C=O) groups excluding carboxylic acids is 1. The number of halogens is 1. The van der Waals surface area contributed by atoms with Crippen molar-refractivity contribution in [2.75, 3.05) is 18.4 Å². The summed E-state index contributed by atoms with van der Waals surface area (Å²) in [5.41, 5.74) is 1.77. The van der Waals surface area contributed by atoms with Crippen LogP contribution in [0, 0.1) is 0 Å². The minimum atomic E-state index is -3.67. The van der Waals surface area contributed by atoms with Crippen LogP contribution in [0.3, 0.4) is 0 Å². The van der Waals surface area contributed by atoms with E-state index in [4.69, 9.17) is 11.6 Å². The van der Waals surface area contributed by atoms with Crippen LogP contribution >= 0.6 is 11.6 Å². The molecule has 4 rings (SSSR count). The summed E-state index contributed by atoms with van der Waals surface area (Å²) in [5.74, 6) is -0.529. The molecule has 158 valence electrons. The summed E-state index contributed by atoms with van der Waals surface area (Å²) < 4.78 is 30.1. The van der Waals surface area contributed by atoms with Gasteiger partial charge in [0, 0.05) is 32.9 Å². The van der Waals surface area contributed by atoms with Crippen molar-refractivity contribution in [3.8, 4) is 0 Å². The Bertz CT molecular complexity index is 1320. The Hall–Kier alpha value is -2.62. The third-order valence-corrected chi connectivity index (χ3v) is 7.64. The van der Waals surface area contributed by atoms with Gasteiger partial charge in [0.1, 0.15) is 0 Å². The fourth-order valence-electron chi connectivity index (χ4n) is 3.70. The van der Waals surface area contributed by atoms with Crippen LogP contribution in [0.1, 0.15) is 23.2 Å². The van der Waals surface area contributed by atoms with E-state index in [-0.39, 0.29) is 21.2 Å². The molecule has 1 fully saturated rings. The average molecular weight is 449 g/mol. The number of nitrogens with zero attached hydrogens (tertiary/aromatic N) is 3. The van der Waals surface area contributed by atoms with Gasteiger partial charge in [-0.3, -0.25) is 13.9 Å². The lowest BCUT2D eigenvalue weighted by atomic mass is 10.2. The van der Waals surface area contributed by atoms with Crippen LogP contribution in [-0.2, 0) is 24.1 Å². The summed E-state index contributed by atoms with van der Waals surface area (Å²) in [6.07, 6.45) is 1.65. The van der Waals surface area contributed by atoms with Crippen molar-refractivity contribution < 1.29 is 13.2 Å². The Kier molecular flexibility index (Phi) is 5.21. The van der Waals surface area contributed by atoms with E-state index in [1.54, 1.807) is 32.3 Å². The highest BCUT2D eigenvalue weighted by atomic mass is 35.5. The van der Waals surface area contributed by atoms with Gasteiger partial charge in [0.2, 0.25) is 10.0 Å². The number of aromatic nitrogens is 2. The molecule has 0 spiro atoms. The molecule has 30 heavy (non-hydrogen) atoms. The minimum Gasteiger partial charge on any atom is -0.322 e. The minimum absolute atomic E-state index is 0.0415. The van der Waals surface area contributed by atoms with Crippen molar-refractivity contribution in [2.24, 2.45) is 14.1 Å². The van der Waals surface area contributed by atoms with Crippen molar-refractivity contribution in [2.45, 2.75) is 17.7 Å². The molecule has 1 aromatic heterocycles. The van der Waals surface area contributed by atoms with E-state index in [0.717, 1.165) is 18.4 Å². The normalized spacial score (nSPS) is 15.0. The number of carbonyl (C=O) groups is 1. The molecule has 2 aromatic carbocycles. The van der Waals surface area contributed by atoms with Gasteiger partial charge in [0.15, 0.2) is 0 Å². The summed E-state index contributed by atoms with van der Waals surface area (Å²) in [6, 6.07) is 9.25. The molecular formula is C20H21ClN4O4S. The molecule has 1 aliphatic heterocycles. The highest BCUT2D eigenvalue weighted by Crippen LogP contribution is 2.26. The van der Waals surface area contributed by atoms with E-state index in [2.05, 4.69) is 5.32 Å². The SMILES string of the molecule is Cn1c(=O)n(C)c2cc(NC(=O)c3cc(S(=O)(=O)N4CCCC4)ccc3Cl)ccc21. The topological polar surface area (TPSA) is 93.4 Å².